The Kier molecular flexibility index (Phi) is 8.64. The van der Waals surface area contributed by atoms with E-state index in [1.807, 2.05) is 0 Å². The van der Waals surface area contributed by atoms with Crippen LogP contribution < -0.4 is 10.6 Å². The molecular formula is C29H46N2O2. The van der Waals surface area contributed by atoms with Crippen LogP contribution in [0, 0.1) is 19.8 Å². The SMILES string of the molecule is Cc1cc(CNC[C@@H](NCc2cc(C)cc(C(C)(C)C)c2O)C(C)C)c(O)c(C(C)(C)C)c1. The number of hydrogen-bond acceptors (Lipinski definition) is 4. The van der Waals surface area contributed by atoms with Crippen LogP contribution in [0.2, 0.25) is 0 Å². The number of rotatable bonds is 8. The first kappa shape index (κ1) is 27.2. The molecule has 0 radical (unpaired) electrons. The molecule has 0 aliphatic carbocycles. The fourth-order valence-electron chi connectivity index (χ4n) is 4.27. The normalized spacial score (nSPS) is 13.5. The van der Waals surface area contributed by atoms with Gasteiger partial charge >= 0.3 is 0 Å². The van der Waals surface area contributed by atoms with Crippen molar-refractivity contribution in [3.63, 3.8) is 0 Å². The third-order valence-electron chi connectivity index (χ3n) is 6.32. The molecule has 0 aromatic heterocycles. The summed E-state index contributed by atoms with van der Waals surface area (Å²) < 4.78 is 0. The van der Waals surface area contributed by atoms with Crippen LogP contribution in [0.4, 0.5) is 0 Å². The lowest BCUT2D eigenvalue weighted by Gasteiger charge is -2.26. The number of phenolic OH excluding ortho intramolecular Hbond substituents is 2. The second kappa shape index (κ2) is 10.5. The van der Waals surface area contributed by atoms with Crippen molar-refractivity contribution in [3.05, 3.63) is 57.6 Å². The summed E-state index contributed by atoms with van der Waals surface area (Å²) in [7, 11) is 0. The smallest absolute Gasteiger partial charge is 0.123 e. The van der Waals surface area contributed by atoms with Crippen molar-refractivity contribution < 1.29 is 10.2 Å². The Morgan fingerprint density at radius 2 is 1.15 bits per heavy atom. The van der Waals surface area contributed by atoms with Gasteiger partial charge in [0, 0.05) is 36.8 Å². The fourth-order valence-corrected chi connectivity index (χ4v) is 4.27. The van der Waals surface area contributed by atoms with E-state index in [0.29, 0.717) is 30.5 Å². The van der Waals surface area contributed by atoms with Gasteiger partial charge in [-0.15, -0.1) is 0 Å². The van der Waals surface area contributed by atoms with Crippen LogP contribution in [0.1, 0.15) is 88.8 Å². The summed E-state index contributed by atoms with van der Waals surface area (Å²) in [5.41, 5.74) is 5.98. The number of aryl methyl sites for hydroxylation is 2. The molecule has 0 saturated heterocycles. The van der Waals surface area contributed by atoms with Gasteiger partial charge in [-0.1, -0.05) is 90.8 Å². The van der Waals surface area contributed by atoms with E-state index in [4.69, 9.17) is 0 Å². The second-order valence-corrected chi connectivity index (χ2v) is 12.0. The number of nitrogens with one attached hydrogen (secondary N) is 2. The Labute approximate surface area is 201 Å². The van der Waals surface area contributed by atoms with E-state index in [2.05, 4.69) is 104 Å². The topological polar surface area (TPSA) is 64.5 Å². The molecule has 0 heterocycles. The van der Waals surface area contributed by atoms with E-state index in [1.165, 1.54) is 5.56 Å². The van der Waals surface area contributed by atoms with E-state index in [9.17, 15) is 10.2 Å². The zero-order chi connectivity index (χ0) is 25.1. The molecule has 0 bridgehead atoms. The predicted molar refractivity (Wildman–Crippen MR) is 140 cm³/mol. The lowest BCUT2D eigenvalue weighted by atomic mass is 9.84. The van der Waals surface area contributed by atoms with Crippen molar-refractivity contribution >= 4 is 0 Å². The Morgan fingerprint density at radius 1 is 0.727 bits per heavy atom. The van der Waals surface area contributed by atoms with Crippen molar-refractivity contribution in [1.29, 1.82) is 0 Å². The van der Waals surface area contributed by atoms with Crippen LogP contribution in [0.5, 0.6) is 11.5 Å². The molecule has 33 heavy (non-hydrogen) atoms. The summed E-state index contributed by atoms with van der Waals surface area (Å²) in [4.78, 5) is 0. The highest BCUT2D eigenvalue weighted by Gasteiger charge is 2.23. The molecule has 2 aromatic carbocycles. The number of hydrogen-bond donors (Lipinski definition) is 4. The van der Waals surface area contributed by atoms with Gasteiger partial charge in [-0.3, -0.25) is 0 Å². The zero-order valence-electron chi connectivity index (χ0n) is 22.5. The summed E-state index contributed by atoms with van der Waals surface area (Å²) >= 11 is 0. The van der Waals surface area contributed by atoms with Crippen molar-refractivity contribution in [2.75, 3.05) is 6.54 Å². The highest BCUT2D eigenvalue weighted by atomic mass is 16.3. The van der Waals surface area contributed by atoms with Gasteiger partial charge < -0.3 is 20.8 Å². The van der Waals surface area contributed by atoms with E-state index in [-0.39, 0.29) is 16.9 Å². The van der Waals surface area contributed by atoms with Crippen LogP contribution >= 0.6 is 0 Å². The quantitative estimate of drug-likeness (QED) is 0.383. The van der Waals surface area contributed by atoms with Gasteiger partial charge in [-0.05, 0) is 41.7 Å². The Hall–Kier alpha value is -2.04. The van der Waals surface area contributed by atoms with Gasteiger partial charge in [-0.2, -0.15) is 0 Å². The Bertz CT molecular complexity index is 950. The van der Waals surface area contributed by atoms with Gasteiger partial charge in [0.15, 0.2) is 0 Å². The molecule has 0 aliphatic rings. The minimum atomic E-state index is -0.106. The van der Waals surface area contributed by atoms with E-state index in [1.54, 1.807) is 0 Å². The van der Waals surface area contributed by atoms with E-state index >= 15 is 0 Å². The van der Waals surface area contributed by atoms with Crippen LogP contribution in [0.15, 0.2) is 24.3 Å². The van der Waals surface area contributed by atoms with Crippen molar-refractivity contribution in [3.8, 4) is 11.5 Å². The predicted octanol–water partition coefficient (Wildman–Crippen LogP) is 6.21. The van der Waals surface area contributed by atoms with Crippen LogP contribution in [-0.2, 0) is 23.9 Å². The maximum atomic E-state index is 10.9. The standard InChI is InChI=1S/C29H46N2O2/c1-18(2)25(31-16-22-12-20(4)14-24(27(22)33)29(8,9)10)17-30-15-21-11-19(3)13-23(26(21)32)28(5,6)7/h11-14,18,25,30-33H,15-17H2,1-10H3/t25-/m1/s1. The minimum absolute atomic E-state index is 0.103. The molecule has 1 atom stereocenters. The van der Waals surface area contributed by atoms with E-state index < -0.39 is 0 Å². The molecule has 0 spiro atoms. The van der Waals surface area contributed by atoms with Crippen molar-refractivity contribution in [2.45, 2.75) is 99.2 Å². The van der Waals surface area contributed by atoms with Gasteiger partial charge in [0.05, 0.1) is 0 Å². The molecule has 0 aliphatic heterocycles. The third-order valence-corrected chi connectivity index (χ3v) is 6.32. The molecular weight excluding hydrogens is 408 g/mol. The summed E-state index contributed by atoms with van der Waals surface area (Å²) in [6.07, 6.45) is 0. The zero-order valence-corrected chi connectivity index (χ0v) is 22.5. The number of phenols is 2. The highest BCUT2D eigenvalue weighted by Crippen LogP contribution is 2.35. The molecule has 2 aromatic rings. The monoisotopic (exact) mass is 454 g/mol. The molecule has 0 fully saturated rings. The Morgan fingerprint density at radius 3 is 1.55 bits per heavy atom. The number of benzene rings is 2. The first-order chi connectivity index (χ1) is 15.1. The van der Waals surface area contributed by atoms with Gasteiger partial charge in [0.2, 0.25) is 0 Å². The van der Waals surface area contributed by atoms with Crippen LogP contribution in [-0.4, -0.2) is 22.8 Å². The van der Waals surface area contributed by atoms with Gasteiger partial charge in [-0.25, -0.2) is 0 Å². The second-order valence-electron chi connectivity index (χ2n) is 12.0. The lowest BCUT2D eigenvalue weighted by Crippen LogP contribution is -2.42. The summed E-state index contributed by atoms with van der Waals surface area (Å²) in [5.74, 6) is 1.22. The first-order valence-electron chi connectivity index (χ1n) is 12.2. The molecule has 4 N–H and O–H groups in total. The summed E-state index contributed by atoms with van der Waals surface area (Å²) in [6, 6.07) is 8.53. The van der Waals surface area contributed by atoms with Crippen molar-refractivity contribution in [1.82, 2.24) is 10.6 Å². The lowest BCUT2D eigenvalue weighted by molar-refractivity contribution is 0.368. The average molecular weight is 455 g/mol. The largest absolute Gasteiger partial charge is 0.507 e. The molecule has 4 heteroatoms. The molecule has 0 unspecified atom stereocenters. The molecule has 4 nitrogen and oxygen atoms in total. The van der Waals surface area contributed by atoms with Crippen molar-refractivity contribution in [2.24, 2.45) is 5.92 Å². The average Bonchev–Trinajstić information content (AvgIpc) is 2.66. The number of aromatic hydroxyl groups is 2. The third kappa shape index (κ3) is 7.22. The first-order valence-corrected chi connectivity index (χ1v) is 12.2. The van der Waals surface area contributed by atoms with Crippen LogP contribution in [0.3, 0.4) is 0 Å². The van der Waals surface area contributed by atoms with Crippen LogP contribution in [0.25, 0.3) is 0 Å². The summed E-state index contributed by atoms with van der Waals surface area (Å²) in [5, 5.41) is 28.9. The maximum Gasteiger partial charge on any atom is 0.123 e. The molecule has 0 amide bonds. The minimum Gasteiger partial charge on any atom is -0.507 e. The Balaban J connectivity index is 2.10. The fraction of sp³-hybridized carbons (Fsp3) is 0.586. The van der Waals surface area contributed by atoms with Gasteiger partial charge in [0.25, 0.3) is 0 Å². The molecule has 184 valence electrons. The van der Waals surface area contributed by atoms with Gasteiger partial charge in [0.1, 0.15) is 11.5 Å². The maximum absolute atomic E-state index is 10.9. The van der Waals surface area contributed by atoms with E-state index in [0.717, 1.165) is 34.4 Å². The molecule has 0 saturated carbocycles. The molecule has 2 rings (SSSR count). The summed E-state index contributed by atoms with van der Waals surface area (Å²) in [6.45, 7) is 23.4. The highest BCUT2D eigenvalue weighted by molar-refractivity contribution is 5.47.